The molecule has 0 bridgehead atoms. The number of nitrogens with zero attached hydrogens (tertiary/aromatic N) is 3. The summed E-state index contributed by atoms with van der Waals surface area (Å²) in [4.78, 5) is 14.3. The third-order valence-electron chi connectivity index (χ3n) is 4.35. The molecule has 1 aromatic carbocycles. The summed E-state index contributed by atoms with van der Waals surface area (Å²) in [5.41, 5.74) is 11.8. The van der Waals surface area contributed by atoms with Gasteiger partial charge in [-0.15, -0.1) is 0 Å². The molecule has 5 heteroatoms. The van der Waals surface area contributed by atoms with Crippen molar-refractivity contribution < 1.29 is 0 Å². The fraction of sp³-hybridized carbons (Fsp3) is 0.294. The summed E-state index contributed by atoms with van der Waals surface area (Å²) in [5, 5.41) is 1.31. The molecule has 3 N–H and O–H groups in total. The van der Waals surface area contributed by atoms with Crippen molar-refractivity contribution in [1.29, 1.82) is 0 Å². The number of nitrogen functional groups attached to an aromatic ring is 1. The maximum Gasteiger partial charge on any atom is 0.220 e. The van der Waals surface area contributed by atoms with Crippen LogP contribution in [0.4, 0.5) is 5.95 Å². The number of aromatic nitrogens is 3. The molecule has 1 aliphatic rings. The minimum Gasteiger partial charge on any atom is -0.368 e. The maximum absolute atomic E-state index is 5.66. The normalized spacial score (nSPS) is 15.1. The van der Waals surface area contributed by atoms with Gasteiger partial charge in [-0.05, 0) is 24.1 Å². The topological polar surface area (TPSA) is 70.8 Å². The molecule has 0 amide bonds. The van der Waals surface area contributed by atoms with Crippen LogP contribution in [0.15, 0.2) is 30.6 Å². The molecule has 0 unspecified atom stereocenters. The molecule has 4 rings (SSSR count). The van der Waals surface area contributed by atoms with Gasteiger partial charge in [0, 0.05) is 54.9 Å². The van der Waals surface area contributed by atoms with Gasteiger partial charge in [-0.25, -0.2) is 9.97 Å². The van der Waals surface area contributed by atoms with Crippen LogP contribution in [-0.4, -0.2) is 26.4 Å². The first kappa shape index (κ1) is 13.3. The summed E-state index contributed by atoms with van der Waals surface area (Å²) >= 11 is 0. The second-order valence-corrected chi connectivity index (χ2v) is 6.02. The van der Waals surface area contributed by atoms with Crippen LogP contribution in [-0.2, 0) is 19.5 Å². The summed E-state index contributed by atoms with van der Waals surface area (Å²) in [6, 6.07) is 6.57. The number of H-pyrrole nitrogens is 1. The van der Waals surface area contributed by atoms with Gasteiger partial charge in [-0.1, -0.05) is 12.1 Å². The number of anilines is 1. The Bertz CT molecular complexity index is 836. The van der Waals surface area contributed by atoms with E-state index in [1.165, 1.54) is 27.6 Å². The first-order valence-corrected chi connectivity index (χ1v) is 7.58. The molecule has 112 valence electrons. The summed E-state index contributed by atoms with van der Waals surface area (Å²) in [5.74, 6) is 0.374. The predicted molar refractivity (Wildman–Crippen MR) is 87.3 cm³/mol. The average molecular weight is 293 g/mol. The van der Waals surface area contributed by atoms with Crippen LogP contribution in [0.25, 0.3) is 10.9 Å². The van der Waals surface area contributed by atoms with Gasteiger partial charge in [0.15, 0.2) is 0 Å². The van der Waals surface area contributed by atoms with Crippen molar-refractivity contribution in [3.05, 3.63) is 53.0 Å². The van der Waals surface area contributed by atoms with E-state index in [0.717, 1.165) is 31.7 Å². The van der Waals surface area contributed by atoms with Gasteiger partial charge < -0.3 is 10.7 Å². The first-order chi connectivity index (χ1) is 10.7. The number of aryl methyl sites for hydroxylation is 1. The third kappa shape index (κ3) is 2.33. The number of hydrogen-bond acceptors (Lipinski definition) is 4. The van der Waals surface area contributed by atoms with Crippen molar-refractivity contribution in [2.45, 2.75) is 26.4 Å². The molecule has 22 heavy (non-hydrogen) atoms. The first-order valence-electron chi connectivity index (χ1n) is 7.58. The number of hydrogen-bond donors (Lipinski definition) is 2. The Morgan fingerprint density at radius 3 is 3.18 bits per heavy atom. The van der Waals surface area contributed by atoms with E-state index in [1.54, 1.807) is 0 Å². The molecule has 0 saturated carbocycles. The Morgan fingerprint density at radius 2 is 2.27 bits per heavy atom. The van der Waals surface area contributed by atoms with E-state index >= 15 is 0 Å². The monoisotopic (exact) mass is 293 g/mol. The number of rotatable bonds is 2. The van der Waals surface area contributed by atoms with Gasteiger partial charge in [-0.2, -0.15) is 0 Å². The minimum absolute atomic E-state index is 0.374. The van der Waals surface area contributed by atoms with Crippen LogP contribution in [0, 0.1) is 6.92 Å². The molecule has 0 fully saturated rings. The SMILES string of the molecule is Cc1ccc2c(CN3CCc4nc(N)ncc4C3)c[nH]c2c1. The zero-order chi connectivity index (χ0) is 15.1. The van der Waals surface area contributed by atoms with Crippen molar-refractivity contribution in [3.63, 3.8) is 0 Å². The van der Waals surface area contributed by atoms with E-state index < -0.39 is 0 Å². The molecular weight excluding hydrogens is 274 g/mol. The molecule has 1 aliphatic heterocycles. The van der Waals surface area contributed by atoms with E-state index in [2.05, 4.69) is 51.2 Å². The Hall–Kier alpha value is -2.40. The highest BCUT2D eigenvalue weighted by Crippen LogP contribution is 2.24. The van der Waals surface area contributed by atoms with E-state index in [0.29, 0.717) is 5.95 Å². The summed E-state index contributed by atoms with van der Waals surface area (Å²) in [6.45, 7) is 4.94. The molecule has 3 heterocycles. The van der Waals surface area contributed by atoms with Crippen molar-refractivity contribution in [1.82, 2.24) is 19.9 Å². The Balaban J connectivity index is 1.57. The largest absolute Gasteiger partial charge is 0.368 e. The van der Waals surface area contributed by atoms with E-state index in [-0.39, 0.29) is 0 Å². The van der Waals surface area contributed by atoms with Gasteiger partial charge in [0.05, 0.1) is 5.69 Å². The van der Waals surface area contributed by atoms with E-state index in [1.807, 2.05) is 6.20 Å². The molecule has 0 aliphatic carbocycles. The second kappa shape index (κ2) is 5.10. The van der Waals surface area contributed by atoms with Crippen LogP contribution < -0.4 is 5.73 Å². The van der Waals surface area contributed by atoms with Gasteiger partial charge in [0.25, 0.3) is 0 Å². The molecule has 3 aromatic rings. The van der Waals surface area contributed by atoms with Gasteiger partial charge in [-0.3, -0.25) is 4.90 Å². The number of aromatic amines is 1. The highest BCUT2D eigenvalue weighted by molar-refractivity contribution is 5.83. The Morgan fingerprint density at radius 1 is 1.36 bits per heavy atom. The fourth-order valence-corrected chi connectivity index (χ4v) is 3.20. The Kier molecular flexibility index (Phi) is 3.08. The smallest absolute Gasteiger partial charge is 0.220 e. The quantitative estimate of drug-likeness (QED) is 0.761. The standard InChI is InChI=1S/C17H19N5/c1-11-2-3-14-12(7-19-16(14)6-11)9-22-5-4-15-13(10-22)8-20-17(18)21-15/h2-3,6-8,19H,4-5,9-10H2,1H3,(H2,18,20,21). The Labute approximate surface area is 129 Å². The molecule has 0 atom stereocenters. The zero-order valence-electron chi connectivity index (χ0n) is 12.6. The van der Waals surface area contributed by atoms with Gasteiger partial charge >= 0.3 is 0 Å². The number of benzene rings is 1. The average Bonchev–Trinajstić information content (AvgIpc) is 2.89. The fourth-order valence-electron chi connectivity index (χ4n) is 3.20. The number of nitrogens with two attached hydrogens (primary N) is 1. The van der Waals surface area contributed by atoms with E-state index in [9.17, 15) is 0 Å². The van der Waals surface area contributed by atoms with Crippen LogP contribution >= 0.6 is 0 Å². The van der Waals surface area contributed by atoms with Crippen molar-refractivity contribution in [2.75, 3.05) is 12.3 Å². The van der Waals surface area contributed by atoms with Crippen LogP contribution in [0.1, 0.15) is 22.4 Å². The van der Waals surface area contributed by atoms with Crippen LogP contribution in [0.5, 0.6) is 0 Å². The van der Waals surface area contributed by atoms with Crippen molar-refractivity contribution in [2.24, 2.45) is 0 Å². The van der Waals surface area contributed by atoms with Crippen molar-refractivity contribution in [3.8, 4) is 0 Å². The number of nitrogens with one attached hydrogen (secondary N) is 1. The lowest BCUT2D eigenvalue weighted by Crippen LogP contribution is -2.31. The molecule has 2 aromatic heterocycles. The summed E-state index contributed by atoms with van der Waals surface area (Å²) < 4.78 is 0. The van der Waals surface area contributed by atoms with Crippen LogP contribution in [0.3, 0.4) is 0 Å². The maximum atomic E-state index is 5.66. The van der Waals surface area contributed by atoms with E-state index in [4.69, 9.17) is 5.73 Å². The predicted octanol–water partition coefficient (Wildman–Crippen LogP) is 2.41. The lowest BCUT2D eigenvalue weighted by atomic mass is 10.1. The lowest BCUT2D eigenvalue weighted by Gasteiger charge is -2.27. The lowest BCUT2D eigenvalue weighted by molar-refractivity contribution is 0.244. The molecule has 0 saturated heterocycles. The second-order valence-electron chi connectivity index (χ2n) is 6.02. The number of fused-ring (bicyclic) bond motifs is 2. The minimum atomic E-state index is 0.374. The zero-order valence-corrected chi connectivity index (χ0v) is 12.6. The molecule has 0 radical (unpaired) electrons. The molecule has 5 nitrogen and oxygen atoms in total. The molecular formula is C17H19N5. The molecule has 0 spiro atoms. The highest BCUT2D eigenvalue weighted by Gasteiger charge is 2.19. The van der Waals surface area contributed by atoms with Gasteiger partial charge in [0.1, 0.15) is 0 Å². The van der Waals surface area contributed by atoms with Crippen molar-refractivity contribution >= 4 is 16.9 Å². The third-order valence-corrected chi connectivity index (χ3v) is 4.35. The summed E-state index contributed by atoms with van der Waals surface area (Å²) in [7, 11) is 0. The summed E-state index contributed by atoms with van der Waals surface area (Å²) in [6.07, 6.45) is 4.92. The van der Waals surface area contributed by atoms with Crippen LogP contribution in [0.2, 0.25) is 0 Å². The van der Waals surface area contributed by atoms with Gasteiger partial charge in [0.2, 0.25) is 5.95 Å². The highest BCUT2D eigenvalue weighted by atomic mass is 15.1.